The lowest BCUT2D eigenvalue weighted by atomic mass is 9.95. The second kappa shape index (κ2) is 6.70. The van der Waals surface area contributed by atoms with Crippen LogP contribution in [0.4, 0.5) is 11.4 Å². The Morgan fingerprint density at radius 1 is 0.960 bits per heavy atom. The Kier molecular flexibility index (Phi) is 4.40. The molecule has 2 amide bonds. The number of carbonyl (C=O) groups is 2. The van der Waals surface area contributed by atoms with Crippen LogP contribution in [0.2, 0.25) is 0 Å². The predicted octanol–water partition coefficient (Wildman–Crippen LogP) is 2.51. The van der Waals surface area contributed by atoms with Crippen LogP contribution >= 0.6 is 0 Å². The van der Waals surface area contributed by atoms with Gasteiger partial charge in [-0.1, -0.05) is 12.1 Å². The largest absolute Gasteiger partial charge is 0.368 e. The average molecular weight is 341 g/mol. The molecule has 0 spiro atoms. The summed E-state index contributed by atoms with van der Waals surface area (Å²) in [7, 11) is 0. The molecule has 5 nitrogen and oxygen atoms in total. The first-order valence-corrected chi connectivity index (χ1v) is 9.63. The quantitative estimate of drug-likeness (QED) is 0.848. The minimum Gasteiger partial charge on any atom is -0.368 e. The van der Waals surface area contributed by atoms with Crippen molar-refractivity contribution in [3.05, 3.63) is 24.3 Å². The molecule has 0 N–H and O–H groups in total. The number of piperidine rings is 1. The Morgan fingerprint density at radius 2 is 1.72 bits per heavy atom. The van der Waals surface area contributed by atoms with E-state index in [1.54, 1.807) is 0 Å². The molecule has 1 saturated carbocycles. The standard InChI is InChI=1S/C20H27N3O2/c1-2-21-12-13-23(18-8-4-3-7-17(18)21)20(25)16-6-5-11-22(14-16)19(24)15-9-10-15/h3-4,7-8,15-16H,2,5-6,9-14H2,1H3/t16-/m0/s1. The molecule has 2 fully saturated rings. The van der Waals surface area contributed by atoms with Crippen LogP contribution in [0.15, 0.2) is 24.3 Å². The molecule has 1 saturated heterocycles. The molecule has 0 unspecified atom stereocenters. The zero-order chi connectivity index (χ0) is 17.4. The van der Waals surface area contributed by atoms with Crippen molar-refractivity contribution in [1.29, 1.82) is 0 Å². The average Bonchev–Trinajstić information content (AvgIpc) is 3.51. The summed E-state index contributed by atoms with van der Waals surface area (Å²) < 4.78 is 0. The molecule has 134 valence electrons. The molecule has 1 aliphatic carbocycles. The first-order valence-electron chi connectivity index (χ1n) is 9.63. The number of fused-ring (bicyclic) bond motifs is 1. The summed E-state index contributed by atoms with van der Waals surface area (Å²) in [6.45, 7) is 6.12. The summed E-state index contributed by atoms with van der Waals surface area (Å²) >= 11 is 0. The van der Waals surface area contributed by atoms with Crippen LogP contribution < -0.4 is 9.80 Å². The molecule has 0 radical (unpaired) electrons. The van der Waals surface area contributed by atoms with E-state index in [1.165, 1.54) is 0 Å². The minimum absolute atomic E-state index is 0.0577. The Morgan fingerprint density at radius 3 is 2.44 bits per heavy atom. The van der Waals surface area contributed by atoms with Gasteiger partial charge in [0.2, 0.25) is 11.8 Å². The Labute approximate surface area is 149 Å². The smallest absolute Gasteiger partial charge is 0.232 e. The van der Waals surface area contributed by atoms with Gasteiger partial charge in [0.05, 0.1) is 17.3 Å². The lowest BCUT2D eigenvalue weighted by Crippen LogP contribution is -2.50. The summed E-state index contributed by atoms with van der Waals surface area (Å²) in [6.07, 6.45) is 3.88. The maximum absolute atomic E-state index is 13.2. The van der Waals surface area contributed by atoms with Crippen molar-refractivity contribution in [2.75, 3.05) is 42.5 Å². The number of amides is 2. The van der Waals surface area contributed by atoms with E-state index in [0.717, 1.165) is 63.2 Å². The number of carbonyl (C=O) groups excluding carboxylic acids is 2. The van der Waals surface area contributed by atoms with Crippen LogP contribution in [0, 0.1) is 11.8 Å². The third-order valence-electron chi connectivity index (χ3n) is 5.76. The molecular weight excluding hydrogens is 314 g/mol. The normalized spacial score (nSPS) is 23.4. The van der Waals surface area contributed by atoms with E-state index in [9.17, 15) is 9.59 Å². The number of hydrogen-bond donors (Lipinski definition) is 0. The molecule has 0 aromatic heterocycles. The van der Waals surface area contributed by atoms with E-state index < -0.39 is 0 Å². The zero-order valence-corrected chi connectivity index (χ0v) is 15.0. The molecule has 25 heavy (non-hydrogen) atoms. The maximum Gasteiger partial charge on any atom is 0.232 e. The number of benzene rings is 1. The van der Waals surface area contributed by atoms with Gasteiger partial charge >= 0.3 is 0 Å². The number of hydrogen-bond acceptors (Lipinski definition) is 3. The lowest BCUT2D eigenvalue weighted by Gasteiger charge is -2.40. The van der Waals surface area contributed by atoms with Crippen molar-refractivity contribution >= 4 is 23.2 Å². The first kappa shape index (κ1) is 16.4. The lowest BCUT2D eigenvalue weighted by molar-refractivity contribution is -0.136. The Balaban J connectivity index is 1.51. The second-order valence-corrected chi connectivity index (χ2v) is 7.46. The van der Waals surface area contributed by atoms with Gasteiger partial charge in [-0.05, 0) is 44.7 Å². The number of anilines is 2. The van der Waals surface area contributed by atoms with Crippen molar-refractivity contribution in [2.24, 2.45) is 11.8 Å². The van der Waals surface area contributed by atoms with Gasteiger partial charge in [0.15, 0.2) is 0 Å². The highest BCUT2D eigenvalue weighted by molar-refractivity contribution is 5.99. The van der Waals surface area contributed by atoms with Crippen LogP contribution in [0.3, 0.4) is 0 Å². The number of likely N-dealkylation sites (tertiary alicyclic amines) is 1. The summed E-state index contributed by atoms with van der Waals surface area (Å²) in [6, 6.07) is 8.18. The number of para-hydroxylation sites is 2. The second-order valence-electron chi connectivity index (χ2n) is 7.46. The summed E-state index contributed by atoms with van der Waals surface area (Å²) in [5, 5.41) is 0. The molecule has 2 heterocycles. The fraction of sp³-hybridized carbons (Fsp3) is 0.600. The van der Waals surface area contributed by atoms with E-state index in [2.05, 4.69) is 17.9 Å². The molecule has 4 rings (SSSR count). The molecule has 2 aliphatic heterocycles. The van der Waals surface area contributed by atoms with Crippen LogP contribution in [-0.4, -0.2) is 49.4 Å². The van der Waals surface area contributed by atoms with Crippen molar-refractivity contribution < 1.29 is 9.59 Å². The monoisotopic (exact) mass is 341 g/mol. The van der Waals surface area contributed by atoms with Gasteiger partial charge in [-0.25, -0.2) is 0 Å². The summed E-state index contributed by atoms with van der Waals surface area (Å²) in [4.78, 5) is 31.8. The third-order valence-corrected chi connectivity index (χ3v) is 5.76. The van der Waals surface area contributed by atoms with Crippen LogP contribution in [-0.2, 0) is 9.59 Å². The van der Waals surface area contributed by atoms with Gasteiger partial charge in [-0.2, -0.15) is 0 Å². The van der Waals surface area contributed by atoms with E-state index in [0.29, 0.717) is 6.54 Å². The molecule has 1 aromatic rings. The SMILES string of the molecule is CCN1CCN(C(=O)[C@H]2CCCN(C(=O)C3CC3)C2)c2ccccc21. The van der Waals surface area contributed by atoms with Gasteiger partial charge < -0.3 is 14.7 Å². The molecule has 1 aromatic carbocycles. The summed E-state index contributed by atoms with van der Waals surface area (Å²) in [5.41, 5.74) is 2.16. The number of nitrogens with zero attached hydrogens (tertiary/aromatic N) is 3. The van der Waals surface area contributed by atoms with Crippen molar-refractivity contribution in [1.82, 2.24) is 4.90 Å². The molecule has 5 heteroatoms. The fourth-order valence-electron chi connectivity index (χ4n) is 4.17. The zero-order valence-electron chi connectivity index (χ0n) is 15.0. The summed E-state index contributed by atoms with van der Waals surface area (Å²) in [5.74, 6) is 0.644. The first-order chi connectivity index (χ1) is 12.2. The third kappa shape index (κ3) is 3.12. The van der Waals surface area contributed by atoms with Gasteiger partial charge in [0.1, 0.15) is 0 Å². The van der Waals surface area contributed by atoms with Crippen LogP contribution in [0.25, 0.3) is 0 Å². The van der Waals surface area contributed by atoms with Crippen LogP contribution in [0.1, 0.15) is 32.6 Å². The highest BCUT2D eigenvalue weighted by Gasteiger charge is 2.38. The van der Waals surface area contributed by atoms with Gasteiger partial charge in [0, 0.05) is 38.6 Å². The molecule has 0 bridgehead atoms. The number of likely N-dealkylation sites (N-methyl/N-ethyl adjacent to an activating group) is 1. The van der Waals surface area contributed by atoms with Crippen molar-refractivity contribution in [3.8, 4) is 0 Å². The van der Waals surface area contributed by atoms with E-state index >= 15 is 0 Å². The molecule has 1 atom stereocenters. The van der Waals surface area contributed by atoms with E-state index in [1.807, 2.05) is 28.0 Å². The number of rotatable bonds is 3. The van der Waals surface area contributed by atoms with Crippen molar-refractivity contribution in [3.63, 3.8) is 0 Å². The molecule has 3 aliphatic rings. The maximum atomic E-state index is 13.2. The predicted molar refractivity (Wildman–Crippen MR) is 98.7 cm³/mol. The van der Waals surface area contributed by atoms with Gasteiger partial charge in [-0.3, -0.25) is 9.59 Å². The Hall–Kier alpha value is -2.04. The van der Waals surface area contributed by atoms with E-state index in [-0.39, 0.29) is 23.7 Å². The van der Waals surface area contributed by atoms with E-state index in [4.69, 9.17) is 0 Å². The highest BCUT2D eigenvalue weighted by atomic mass is 16.2. The topological polar surface area (TPSA) is 43.9 Å². The highest BCUT2D eigenvalue weighted by Crippen LogP contribution is 2.36. The minimum atomic E-state index is -0.0577. The molecular formula is C20H27N3O2. The Bertz CT molecular complexity index is 671. The van der Waals surface area contributed by atoms with Crippen molar-refractivity contribution in [2.45, 2.75) is 32.6 Å². The van der Waals surface area contributed by atoms with Crippen LogP contribution in [0.5, 0.6) is 0 Å². The van der Waals surface area contributed by atoms with Gasteiger partial charge in [0.25, 0.3) is 0 Å². The van der Waals surface area contributed by atoms with Gasteiger partial charge in [-0.15, -0.1) is 0 Å². The fourth-order valence-corrected chi connectivity index (χ4v) is 4.17.